The van der Waals surface area contributed by atoms with Gasteiger partial charge in [-0.1, -0.05) is 12.1 Å². The second-order valence-electron chi connectivity index (χ2n) is 4.99. The Bertz CT molecular complexity index is 759. The summed E-state index contributed by atoms with van der Waals surface area (Å²) in [5, 5.41) is 13.5. The van der Waals surface area contributed by atoms with Crippen LogP contribution in [0.25, 0.3) is 0 Å². The standard InChI is InChI=1S/C16H16N4O4/c1-10-17-7-6-13(19-10)16(24)20-12-4-2-11(3-5-12)8-14(21)18-9-15(22)23/h2-7H,8-9H2,1H3,(H,18,21)(H,20,24)(H,22,23). The lowest BCUT2D eigenvalue weighted by Gasteiger charge is -2.07. The molecule has 0 saturated heterocycles. The first kappa shape index (κ1) is 17.1. The van der Waals surface area contributed by atoms with Gasteiger partial charge in [-0.15, -0.1) is 0 Å². The number of carboxylic acid groups (broad SMARTS) is 1. The molecule has 0 saturated carbocycles. The van der Waals surface area contributed by atoms with Crippen LogP contribution in [0, 0.1) is 6.92 Å². The molecule has 0 unspecified atom stereocenters. The molecule has 24 heavy (non-hydrogen) atoms. The van der Waals surface area contributed by atoms with E-state index in [1.165, 1.54) is 12.3 Å². The molecule has 8 nitrogen and oxygen atoms in total. The molecule has 2 amide bonds. The van der Waals surface area contributed by atoms with Crippen LogP contribution in [-0.4, -0.2) is 39.4 Å². The zero-order valence-corrected chi connectivity index (χ0v) is 12.9. The van der Waals surface area contributed by atoms with Gasteiger partial charge in [0.05, 0.1) is 6.42 Å². The fourth-order valence-corrected chi connectivity index (χ4v) is 1.91. The first-order chi connectivity index (χ1) is 11.4. The Labute approximate surface area is 137 Å². The Kier molecular flexibility index (Phi) is 5.56. The molecule has 2 rings (SSSR count). The van der Waals surface area contributed by atoms with Crippen molar-refractivity contribution in [1.82, 2.24) is 15.3 Å². The molecule has 0 aliphatic rings. The predicted octanol–water partition coefficient (Wildman–Crippen LogP) is 0.781. The number of nitrogens with one attached hydrogen (secondary N) is 2. The Hall–Kier alpha value is -3.29. The number of aliphatic carboxylic acids is 1. The van der Waals surface area contributed by atoms with Crippen molar-refractivity contribution in [2.45, 2.75) is 13.3 Å². The van der Waals surface area contributed by atoms with Crippen LogP contribution in [0.15, 0.2) is 36.5 Å². The molecule has 0 radical (unpaired) electrons. The minimum atomic E-state index is -1.10. The first-order valence-corrected chi connectivity index (χ1v) is 7.12. The third-order valence-corrected chi connectivity index (χ3v) is 3.02. The summed E-state index contributed by atoms with van der Waals surface area (Å²) in [7, 11) is 0. The van der Waals surface area contributed by atoms with Crippen molar-refractivity contribution in [3.05, 3.63) is 53.6 Å². The van der Waals surface area contributed by atoms with Gasteiger partial charge in [0, 0.05) is 11.9 Å². The Morgan fingerprint density at radius 1 is 1.12 bits per heavy atom. The molecule has 3 N–H and O–H groups in total. The van der Waals surface area contributed by atoms with Gasteiger partial charge < -0.3 is 15.7 Å². The molecule has 1 heterocycles. The lowest BCUT2D eigenvalue weighted by Crippen LogP contribution is -2.30. The van der Waals surface area contributed by atoms with E-state index in [9.17, 15) is 14.4 Å². The smallest absolute Gasteiger partial charge is 0.322 e. The maximum absolute atomic E-state index is 12.1. The van der Waals surface area contributed by atoms with Crippen LogP contribution in [0.5, 0.6) is 0 Å². The summed E-state index contributed by atoms with van der Waals surface area (Å²) in [5.41, 5.74) is 1.53. The fourth-order valence-electron chi connectivity index (χ4n) is 1.91. The van der Waals surface area contributed by atoms with Crippen molar-refractivity contribution >= 4 is 23.5 Å². The van der Waals surface area contributed by atoms with E-state index in [0.717, 1.165) is 0 Å². The number of carbonyl (C=O) groups excluding carboxylic acids is 2. The fraction of sp³-hybridized carbons (Fsp3) is 0.188. The van der Waals surface area contributed by atoms with E-state index in [-0.39, 0.29) is 23.9 Å². The van der Waals surface area contributed by atoms with E-state index in [1.54, 1.807) is 31.2 Å². The van der Waals surface area contributed by atoms with E-state index < -0.39 is 12.5 Å². The molecule has 1 aromatic carbocycles. The molecular weight excluding hydrogens is 312 g/mol. The number of nitrogens with zero attached hydrogens (tertiary/aromatic N) is 2. The van der Waals surface area contributed by atoms with Gasteiger partial charge in [0.25, 0.3) is 5.91 Å². The van der Waals surface area contributed by atoms with Gasteiger partial charge in [0.2, 0.25) is 5.91 Å². The first-order valence-electron chi connectivity index (χ1n) is 7.12. The summed E-state index contributed by atoms with van der Waals surface area (Å²) < 4.78 is 0. The SMILES string of the molecule is Cc1nccc(C(=O)Nc2ccc(CC(=O)NCC(=O)O)cc2)n1. The highest BCUT2D eigenvalue weighted by Crippen LogP contribution is 2.11. The van der Waals surface area contributed by atoms with Gasteiger partial charge >= 0.3 is 5.97 Å². The van der Waals surface area contributed by atoms with Crippen molar-refractivity contribution < 1.29 is 19.5 Å². The van der Waals surface area contributed by atoms with E-state index in [0.29, 0.717) is 17.1 Å². The van der Waals surface area contributed by atoms with E-state index in [2.05, 4.69) is 20.6 Å². The van der Waals surface area contributed by atoms with Crippen molar-refractivity contribution in [2.75, 3.05) is 11.9 Å². The van der Waals surface area contributed by atoms with Gasteiger partial charge in [-0.25, -0.2) is 9.97 Å². The Balaban J connectivity index is 1.93. The number of aryl methyl sites for hydroxylation is 1. The average molecular weight is 328 g/mol. The molecule has 0 bridgehead atoms. The summed E-state index contributed by atoms with van der Waals surface area (Å²) in [6, 6.07) is 8.20. The van der Waals surface area contributed by atoms with Crippen LogP contribution >= 0.6 is 0 Å². The molecule has 0 aliphatic carbocycles. The van der Waals surface area contributed by atoms with Gasteiger partial charge in [-0.05, 0) is 30.7 Å². The summed E-state index contributed by atoms with van der Waals surface area (Å²) in [5.74, 6) is -1.33. The number of hydrogen-bond donors (Lipinski definition) is 3. The van der Waals surface area contributed by atoms with Crippen LogP contribution in [0.4, 0.5) is 5.69 Å². The van der Waals surface area contributed by atoms with E-state index in [4.69, 9.17) is 5.11 Å². The van der Waals surface area contributed by atoms with E-state index >= 15 is 0 Å². The highest BCUT2D eigenvalue weighted by molar-refractivity contribution is 6.02. The van der Waals surface area contributed by atoms with Crippen LogP contribution in [0.1, 0.15) is 21.9 Å². The van der Waals surface area contributed by atoms with Crippen molar-refractivity contribution in [2.24, 2.45) is 0 Å². The van der Waals surface area contributed by atoms with Crippen molar-refractivity contribution in [3.63, 3.8) is 0 Å². The highest BCUT2D eigenvalue weighted by Gasteiger charge is 2.09. The van der Waals surface area contributed by atoms with Gasteiger partial charge in [0.15, 0.2) is 0 Å². The third-order valence-electron chi connectivity index (χ3n) is 3.02. The number of anilines is 1. The largest absolute Gasteiger partial charge is 0.480 e. The summed E-state index contributed by atoms with van der Waals surface area (Å²) >= 11 is 0. The molecule has 0 fully saturated rings. The lowest BCUT2D eigenvalue weighted by atomic mass is 10.1. The van der Waals surface area contributed by atoms with Crippen molar-refractivity contribution in [1.29, 1.82) is 0 Å². The maximum Gasteiger partial charge on any atom is 0.322 e. The quantitative estimate of drug-likeness (QED) is 0.720. The number of amides is 2. The van der Waals surface area contributed by atoms with Gasteiger partial charge in [-0.2, -0.15) is 0 Å². The predicted molar refractivity (Wildman–Crippen MR) is 85.5 cm³/mol. The zero-order chi connectivity index (χ0) is 17.5. The third kappa shape index (κ3) is 5.16. The monoisotopic (exact) mass is 328 g/mol. The average Bonchev–Trinajstić information content (AvgIpc) is 2.55. The summed E-state index contributed by atoms with van der Waals surface area (Å²) in [6.45, 7) is 1.28. The van der Waals surface area contributed by atoms with Crippen LogP contribution in [0.2, 0.25) is 0 Å². The lowest BCUT2D eigenvalue weighted by molar-refractivity contribution is -0.137. The second kappa shape index (κ2) is 7.82. The van der Waals surface area contributed by atoms with Crippen LogP contribution in [-0.2, 0) is 16.0 Å². The molecule has 8 heteroatoms. The number of hydrogen-bond acceptors (Lipinski definition) is 5. The summed E-state index contributed by atoms with van der Waals surface area (Å²) in [4.78, 5) is 41.9. The minimum absolute atomic E-state index is 0.0621. The van der Waals surface area contributed by atoms with Gasteiger partial charge in [-0.3, -0.25) is 14.4 Å². The Morgan fingerprint density at radius 3 is 2.46 bits per heavy atom. The number of carboxylic acids is 1. The maximum atomic E-state index is 12.1. The molecule has 0 atom stereocenters. The van der Waals surface area contributed by atoms with Crippen LogP contribution < -0.4 is 10.6 Å². The molecule has 2 aromatic rings. The zero-order valence-electron chi connectivity index (χ0n) is 12.9. The second-order valence-corrected chi connectivity index (χ2v) is 4.99. The minimum Gasteiger partial charge on any atom is -0.480 e. The normalized spacial score (nSPS) is 10.0. The molecule has 0 aliphatic heterocycles. The molecule has 1 aromatic heterocycles. The molecular formula is C16H16N4O4. The van der Waals surface area contributed by atoms with Crippen molar-refractivity contribution in [3.8, 4) is 0 Å². The van der Waals surface area contributed by atoms with Gasteiger partial charge in [0.1, 0.15) is 18.1 Å². The summed E-state index contributed by atoms with van der Waals surface area (Å²) in [6.07, 6.45) is 1.57. The highest BCUT2D eigenvalue weighted by atomic mass is 16.4. The number of benzene rings is 1. The Morgan fingerprint density at radius 2 is 1.83 bits per heavy atom. The molecule has 124 valence electrons. The van der Waals surface area contributed by atoms with Crippen LogP contribution in [0.3, 0.4) is 0 Å². The number of aromatic nitrogens is 2. The van der Waals surface area contributed by atoms with E-state index in [1.807, 2.05) is 0 Å². The number of carbonyl (C=O) groups is 3. The molecule has 0 spiro atoms. The number of rotatable bonds is 6. The topological polar surface area (TPSA) is 121 Å².